The molecule has 0 saturated carbocycles. The van der Waals surface area contributed by atoms with Crippen LogP contribution in [0.2, 0.25) is 0 Å². The van der Waals surface area contributed by atoms with Crippen LogP contribution < -0.4 is 10.1 Å². The Kier molecular flexibility index (Phi) is 4.82. The van der Waals surface area contributed by atoms with Crippen molar-refractivity contribution in [3.8, 4) is 5.75 Å². The number of ether oxygens (including phenoxy) is 1. The Hall–Kier alpha value is -0.820. The number of rotatable bonds is 4. The Morgan fingerprint density at radius 3 is 2.83 bits per heavy atom. The first-order valence-corrected chi connectivity index (χ1v) is 7.09. The molecule has 1 atom stereocenters. The highest BCUT2D eigenvalue weighted by Gasteiger charge is 2.23. The lowest BCUT2D eigenvalue weighted by Crippen LogP contribution is -2.40. The second-order valence-corrected chi connectivity index (χ2v) is 5.64. The Bertz CT molecular complexity index is 402. The number of likely N-dealkylation sites (N-methyl/N-ethyl adjacent to an activating group) is 1. The van der Waals surface area contributed by atoms with E-state index in [0.29, 0.717) is 6.04 Å². The molecule has 1 aromatic carbocycles. The minimum Gasteiger partial charge on any atom is -0.484 e. The number of hydrogen-bond acceptors (Lipinski definition) is 3. The van der Waals surface area contributed by atoms with Gasteiger partial charge >= 0.3 is 0 Å². The van der Waals surface area contributed by atoms with Gasteiger partial charge in [-0.15, -0.1) is 0 Å². The number of carbonyl (C=O) groups is 1. The molecule has 1 fully saturated rings. The predicted molar refractivity (Wildman–Crippen MR) is 78.7 cm³/mol. The first-order chi connectivity index (χ1) is 8.66. The van der Waals surface area contributed by atoms with Gasteiger partial charge in [0.15, 0.2) is 6.61 Å². The van der Waals surface area contributed by atoms with Crippen molar-refractivity contribution in [1.29, 1.82) is 0 Å². The zero-order valence-electron chi connectivity index (χ0n) is 10.4. The standard InChI is InChI=1S/C13H17IN2O2/c1-16(11-6-7-15-8-11)13(17)9-18-12-4-2-10(14)3-5-12/h2-5,11,15H,6-9H2,1H3. The zero-order chi connectivity index (χ0) is 13.0. The summed E-state index contributed by atoms with van der Waals surface area (Å²) in [6.45, 7) is 1.97. The second kappa shape index (κ2) is 6.38. The molecule has 2 rings (SSSR count). The number of nitrogens with one attached hydrogen (secondary N) is 1. The SMILES string of the molecule is CN(C(=O)COc1ccc(I)cc1)C1CCNC1. The van der Waals surface area contributed by atoms with Gasteiger partial charge in [0.2, 0.25) is 0 Å². The van der Waals surface area contributed by atoms with Crippen LogP contribution in [0.25, 0.3) is 0 Å². The van der Waals surface area contributed by atoms with Crippen molar-refractivity contribution >= 4 is 28.5 Å². The van der Waals surface area contributed by atoms with E-state index in [0.717, 1.165) is 28.8 Å². The Labute approximate surface area is 121 Å². The third kappa shape index (κ3) is 3.58. The molecular formula is C13H17IN2O2. The van der Waals surface area contributed by atoms with Crippen molar-refractivity contribution in [2.45, 2.75) is 12.5 Å². The monoisotopic (exact) mass is 360 g/mol. The maximum Gasteiger partial charge on any atom is 0.260 e. The fraction of sp³-hybridized carbons (Fsp3) is 0.462. The summed E-state index contributed by atoms with van der Waals surface area (Å²) in [5.41, 5.74) is 0. The smallest absolute Gasteiger partial charge is 0.260 e. The van der Waals surface area contributed by atoms with Gasteiger partial charge in [0.05, 0.1) is 0 Å². The topological polar surface area (TPSA) is 41.6 Å². The number of carbonyl (C=O) groups excluding carboxylic acids is 1. The molecule has 0 bridgehead atoms. The highest BCUT2D eigenvalue weighted by Crippen LogP contribution is 2.14. The van der Waals surface area contributed by atoms with Gasteiger partial charge in [-0.05, 0) is 59.8 Å². The molecule has 0 spiro atoms. The minimum absolute atomic E-state index is 0.0299. The van der Waals surface area contributed by atoms with E-state index in [1.807, 2.05) is 31.3 Å². The van der Waals surface area contributed by atoms with Crippen LogP contribution in [0.5, 0.6) is 5.75 Å². The number of nitrogens with zero attached hydrogens (tertiary/aromatic N) is 1. The van der Waals surface area contributed by atoms with Gasteiger partial charge in [0.25, 0.3) is 5.91 Å². The molecular weight excluding hydrogens is 343 g/mol. The van der Waals surface area contributed by atoms with E-state index in [2.05, 4.69) is 27.9 Å². The van der Waals surface area contributed by atoms with E-state index in [4.69, 9.17) is 4.74 Å². The summed E-state index contributed by atoms with van der Waals surface area (Å²) in [6.07, 6.45) is 1.02. The third-order valence-corrected chi connectivity index (χ3v) is 3.87. The van der Waals surface area contributed by atoms with Crippen LogP contribution in [-0.2, 0) is 4.79 Å². The highest BCUT2D eigenvalue weighted by atomic mass is 127. The summed E-state index contributed by atoms with van der Waals surface area (Å²) < 4.78 is 6.64. The second-order valence-electron chi connectivity index (χ2n) is 4.39. The average Bonchev–Trinajstić information content (AvgIpc) is 2.90. The molecule has 0 aliphatic carbocycles. The maximum atomic E-state index is 11.9. The summed E-state index contributed by atoms with van der Waals surface area (Å²) in [6, 6.07) is 7.99. The third-order valence-electron chi connectivity index (χ3n) is 3.15. The molecule has 1 unspecified atom stereocenters. The van der Waals surface area contributed by atoms with Gasteiger partial charge in [-0.2, -0.15) is 0 Å². The molecule has 5 heteroatoms. The number of amides is 1. The van der Waals surface area contributed by atoms with Crippen LogP contribution in [0.4, 0.5) is 0 Å². The van der Waals surface area contributed by atoms with E-state index < -0.39 is 0 Å². The summed E-state index contributed by atoms with van der Waals surface area (Å²) in [7, 11) is 1.84. The lowest BCUT2D eigenvalue weighted by molar-refractivity contribution is -0.133. The van der Waals surface area contributed by atoms with Gasteiger partial charge in [0, 0.05) is 23.2 Å². The van der Waals surface area contributed by atoms with Gasteiger partial charge in [-0.25, -0.2) is 0 Å². The number of hydrogen-bond donors (Lipinski definition) is 1. The molecule has 1 aromatic rings. The van der Waals surface area contributed by atoms with Gasteiger partial charge in [0.1, 0.15) is 5.75 Å². The highest BCUT2D eigenvalue weighted by molar-refractivity contribution is 14.1. The summed E-state index contributed by atoms with van der Waals surface area (Å²) >= 11 is 2.24. The van der Waals surface area contributed by atoms with Gasteiger partial charge in [-0.1, -0.05) is 0 Å². The summed E-state index contributed by atoms with van der Waals surface area (Å²) in [4.78, 5) is 13.7. The van der Waals surface area contributed by atoms with Crippen molar-refractivity contribution < 1.29 is 9.53 Å². The molecule has 1 heterocycles. The van der Waals surface area contributed by atoms with Gasteiger partial charge < -0.3 is 15.0 Å². The van der Waals surface area contributed by atoms with Crippen molar-refractivity contribution in [2.24, 2.45) is 0 Å². The van der Waals surface area contributed by atoms with E-state index in [1.165, 1.54) is 0 Å². The van der Waals surface area contributed by atoms with E-state index in [9.17, 15) is 4.79 Å². The molecule has 18 heavy (non-hydrogen) atoms. The minimum atomic E-state index is 0.0299. The molecule has 1 aliphatic rings. The first kappa shape index (κ1) is 13.6. The van der Waals surface area contributed by atoms with Crippen molar-refractivity contribution in [3.63, 3.8) is 0 Å². The molecule has 1 aliphatic heterocycles. The fourth-order valence-corrected chi connectivity index (χ4v) is 2.31. The normalized spacial score (nSPS) is 18.7. The molecule has 98 valence electrons. The summed E-state index contributed by atoms with van der Waals surface area (Å²) in [5, 5.41) is 3.25. The number of halogens is 1. The zero-order valence-corrected chi connectivity index (χ0v) is 12.5. The summed E-state index contributed by atoms with van der Waals surface area (Å²) in [5.74, 6) is 0.768. The molecule has 4 nitrogen and oxygen atoms in total. The van der Waals surface area contributed by atoms with E-state index >= 15 is 0 Å². The van der Waals surface area contributed by atoms with E-state index in [1.54, 1.807) is 4.90 Å². The molecule has 0 radical (unpaired) electrons. The average molecular weight is 360 g/mol. The van der Waals surface area contributed by atoms with Crippen LogP contribution in [0.3, 0.4) is 0 Å². The van der Waals surface area contributed by atoms with Crippen molar-refractivity contribution in [3.05, 3.63) is 27.8 Å². The maximum absolute atomic E-state index is 11.9. The van der Waals surface area contributed by atoms with Gasteiger partial charge in [-0.3, -0.25) is 4.79 Å². The quantitative estimate of drug-likeness (QED) is 0.828. The van der Waals surface area contributed by atoms with Crippen LogP contribution in [0.1, 0.15) is 6.42 Å². The molecule has 1 amide bonds. The van der Waals surface area contributed by atoms with Crippen LogP contribution >= 0.6 is 22.6 Å². The fourth-order valence-electron chi connectivity index (χ4n) is 1.95. The molecule has 1 N–H and O–H groups in total. The lowest BCUT2D eigenvalue weighted by Gasteiger charge is -2.23. The largest absolute Gasteiger partial charge is 0.484 e. The predicted octanol–water partition coefficient (Wildman–Crippen LogP) is 1.49. The Balaban J connectivity index is 1.82. The van der Waals surface area contributed by atoms with Crippen LogP contribution in [-0.4, -0.2) is 43.6 Å². The van der Waals surface area contributed by atoms with Crippen molar-refractivity contribution in [2.75, 3.05) is 26.7 Å². The van der Waals surface area contributed by atoms with Crippen LogP contribution in [0, 0.1) is 3.57 Å². The number of benzene rings is 1. The Morgan fingerprint density at radius 1 is 1.50 bits per heavy atom. The Morgan fingerprint density at radius 2 is 2.22 bits per heavy atom. The molecule has 0 aromatic heterocycles. The first-order valence-electron chi connectivity index (χ1n) is 6.01. The van der Waals surface area contributed by atoms with Crippen LogP contribution in [0.15, 0.2) is 24.3 Å². The van der Waals surface area contributed by atoms with Crippen molar-refractivity contribution in [1.82, 2.24) is 10.2 Å². The lowest BCUT2D eigenvalue weighted by atomic mass is 10.2. The van der Waals surface area contributed by atoms with E-state index in [-0.39, 0.29) is 12.5 Å². The molecule has 1 saturated heterocycles.